The predicted molar refractivity (Wildman–Crippen MR) is 108 cm³/mol. The van der Waals surface area contributed by atoms with Crippen molar-refractivity contribution in [1.82, 2.24) is 10.3 Å². The van der Waals surface area contributed by atoms with Crippen molar-refractivity contribution in [2.24, 2.45) is 5.92 Å². The molecule has 1 aliphatic carbocycles. The summed E-state index contributed by atoms with van der Waals surface area (Å²) in [6, 6.07) is 18.0. The molecule has 1 unspecified atom stereocenters. The third-order valence-electron chi connectivity index (χ3n) is 4.96. The van der Waals surface area contributed by atoms with E-state index in [9.17, 15) is 4.79 Å². The molecule has 1 aliphatic rings. The Bertz CT molecular complexity index is 919. The van der Waals surface area contributed by atoms with E-state index in [-0.39, 0.29) is 11.8 Å². The van der Waals surface area contributed by atoms with E-state index in [1.165, 1.54) is 4.88 Å². The van der Waals surface area contributed by atoms with E-state index in [0.717, 1.165) is 46.8 Å². The third-order valence-corrected chi connectivity index (χ3v) is 6.13. The maximum atomic E-state index is 12.6. The molecular weight excluding hydrogens is 356 g/mol. The van der Waals surface area contributed by atoms with Crippen LogP contribution in [0.3, 0.4) is 0 Å². The number of carbonyl (C=O) groups excluding carboxylic acids is 1. The van der Waals surface area contributed by atoms with Crippen LogP contribution in [0.1, 0.15) is 22.6 Å². The SMILES string of the molecule is COc1ccc(CNC(=O)C2CCc3nc(-c4ccccc4)sc3C2)cc1. The number of amides is 1. The van der Waals surface area contributed by atoms with Gasteiger partial charge in [0.15, 0.2) is 0 Å². The molecule has 138 valence electrons. The highest BCUT2D eigenvalue weighted by molar-refractivity contribution is 7.15. The number of hydrogen-bond acceptors (Lipinski definition) is 4. The highest BCUT2D eigenvalue weighted by Gasteiger charge is 2.27. The van der Waals surface area contributed by atoms with E-state index < -0.39 is 0 Å². The van der Waals surface area contributed by atoms with Crippen LogP contribution in [-0.4, -0.2) is 18.0 Å². The van der Waals surface area contributed by atoms with E-state index in [2.05, 4.69) is 17.4 Å². The van der Waals surface area contributed by atoms with Gasteiger partial charge in [-0.05, 0) is 37.0 Å². The van der Waals surface area contributed by atoms with Crippen molar-refractivity contribution in [3.05, 3.63) is 70.7 Å². The fourth-order valence-corrected chi connectivity index (χ4v) is 4.57. The summed E-state index contributed by atoms with van der Waals surface area (Å²) in [5, 5.41) is 4.14. The van der Waals surface area contributed by atoms with E-state index in [1.807, 2.05) is 42.5 Å². The van der Waals surface area contributed by atoms with Gasteiger partial charge in [-0.15, -0.1) is 11.3 Å². The summed E-state index contributed by atoms with van der Waals surface area (Å²) in [7, 11) is 1.65. The summed E-state index contributed by atoms with van der Waals surface area (Å²) in [6.45, 7) is 0.546. The number of benzene rings is 2. The predicted octanol–water partition coefficient (Wildman–Crippen LogP) is 4.24. The van der Waals surface area contributed by atoms with Crippen LogP contribution >= 0.6 is 11.3 Å². The van der Waals surface area contributed by atoms with Gasteiger partial charge in [-0.3, -0.25) is 4.79 Å². The van der Waals surface area contributed by atoms with Crippen LogP contribution in [0.4, 0.5) is 0 Å². The number of hydrogen-bond donors (Lipinski definition) is 1. The van der Waals surface area contributed by atoms with Gasteiger partial charge in [0.05, 0.1) is 12.8 Å². The minimum atomic E-state index is 0.0276. The molecule has 0 radical (unpaired) electrons. The zero-order valence-corrected chi connectivity index (χ0v) is 16.1. The lowest BCUT2D eigenvalue weighted by molar-refractivity contribution is -0.125. The van der Waals surface area contributed by atoms with Crippen molar-refractivity contribution in [1.29, 1.82) is 0 Å². The Morgan fingerprint density at radius 1 is 1.19 bits per heavy atom. The number of carbonyl (C=O) groups is 1. The lowest BCUT2D eigenvalue weighted by atomic mass is 9.90. The smallest absolute Gasteiger partial charge is 0.223 e. The molecule has 0 saturated heterocycles. The number of rotatable bonds is 5. The van der Waals surface area contributed by atoms with Gasteiger partial charge < -0.3 is 10.1 Å². The molecule has 1 atom stereocenters. The summed E-state index contributed by atoms with van der Waals surface area (Å²) in [5.41, 5.74) is 3.39. The number of methoxy groups -OCH3 is 1. The molecule has 0 saturated carbocycles. The Morgan fingerprint density at radius 2 is 1.96 bits per heavy atom. The average Bonchev–Trinajstić information content (AvgIpc) is 3.16. The van der Waals surface area contributed by atoms with E-state index in [0.29, 0.717) is 6.54 Å². The summed E-state index contributed by atoms with van der Waals surface area (Å²) in [6.07, 6.45) is 2.52. The molecule has 4 rings (SSSR count). The topological polar surface area (TPSA) is 51.2 Å². The minimum absolute atomic E-state index is 0.0276. The first-order chi connectivity index (χ1) is 13.2. The number of ether oxygens (including phenoxy) is 1. The van der Waals surface area contributed by atoms with Crippen molar-refractivity contribution in [3.63, 3.8) is 0 Å². The Morgan fingerprint density at radius 3 is 2.70 bits per heavy atom. The minimum Gasteiger partial charge on any atom is -0.497 e. The lowest BCUT2D eigenvalue weighted by Gasteiger charge is -2.20. The van der Waals surface area contributed by atoms with Gasteiger partial charge in [-0.25, -0.2) is 4.98 Å². The van der Waals surface area contributed by atoms with Crippen molar-refractivity contribution in [2.75, 3.05) is 7.11 Å². The number of aromatic nitrogens is 1. The first-order valence-corrected chi connectivity index (χ1v) is 9.99. The molecule has 2 aromatic carbocycles. The fourth-order valence-electron chi connectivity index (χ4n) is 3.38. The first kappa shape index (κ1) is 17.7. The number of fused-ring (bicyclic) bond motifs is 1. The maximum Gasteiger partial charge on any atom is 0.223 e. The largest absolute Gasteiger partial charge is 0.497 e. The Labute approximate surface area is 163 Å². The van der Waals surface area contributed by atoms with Gasteiger partial charge in [-0.2, -0.15) is 0 Å². The highest BCUT2D eigenvalue weighted by Crippen LogP contribution is 2.34. The van der Waals surface area contributed by atoms with Gasteiger partial charge >= 0.3 is 0 Å². The van der Waals surface area contributed by atoms with Crippen molar-refractivity contribution >= 4 is 17.2 Å². The monoisotopic (exact) mass is 378 g/mol. The second-order valence-electron chi connectivity index (χ2n) is 6.76. The molecule has 0 fully saturated rings. The molecule has 0 bridgehead atoms. The van der Waals surface area contributed by atoms with E-state index in [4.69, 9.17) is 9.72 Å². The highest BCUT2D eigenvalue weighted by atomic mass is 32.1. The molecule has 4 nitrogen and oxygen atoms in total. The van der Waals surface area contributed by atoms with E-state index in [1.54, 1.807) is 18.4 Å². The third kappa shape index (κ3) is 4.03. The number of aryl methyl sites for hydroxylation is 1. The summed E-state index contributed by atoms with van der Waals surface area (Å²) in [4.78, 5) is 18.7. The van der Waals surface area contributed by atoms with Crippen LogP contribution < -0.4 is 10.1 Å². The average molecular weight is 378 g/mol. The zero-order valence-electron chi connectivity index (χ0n) is 15.3. The molecule has 1 amide bonds. The van der Waals surface area contributed by atoms with Crippen LogP contribution in [-0.2, 0) is 24.2 Å². The van der Waals surface area contributed by atoms with Gasteiger partial charge in [0.25, 0.3) is 0 Å². The second-order valence-corrected chi connectivity index (χ2v) is 7.84. The van der Waals surface area contributed by atoms with Crippen LogP contribution in [0, 0.1) is 5.92 Å². The molecule has 5 heteroatoms. The molecule has 27 heavy (non-hydrogen) atoms. The van der Waals surface area contributed by atoms with Crippen LogP contribution in [0.2, 0.25) is 0 Å². The molecule has 1 aromatic heterocycles. The Kier molecular flexibility index (Phi) is 5.21. The number of nitrogens with zero attached hydrogens (tertiary/aromatic N) is 1. The molecule has 0 spiro atoms. The van der Waals surface area contributed by atoms with Gasteiger partial charge in [-0.1, -0.05) is 42.5 Å². The van der Waals surface area contributed by atoms with Crippen molar-refractivity contribution in [2.45, 2.75) is 25.8 Å². The van der Waals surface area contributed by atoms with Gasteiger partial charge in [0.2, 0.25) is 5.91 Å². The van der Waals surface area contributed by atoms with Gasteiger partial charge in [0, 0.05) is 22.9 Å². The molecular formula is C22H22N2O2S. The van der Waals surface area contributed by atoms with Crippen molar-refractivity contribution < 1.29 is 9.53 Å². The molecule has 1 N–H and O–H groups in total. The molecule has 1 heterocycles. The van der Waals surface area contributed by atoms with Gasteiger partial charge in [0.1, 0.15) is 10.8 Å². The van der Waals surface area contributed by atoms with Crippen molar-refractivity contribution in [3.8, 4) is 16.3 Å². The fraction of sp³-hybridized carbons (Fsp3) is 0.273. The van der Waals surface area contributed by atoms with Crippen LogP contribution in [0.15, 0.2) is 54.6 Å². The van der Waals surface area contributed by atoms with E-state index >= 15 is 0 Å². The first-order valence-electron chi connectivity index (χ1n) is 9.17. The molecule has 0 aliphatic heterocycles. The summed E-state index contributed by atoms with van der Waals surface area (Å²) in [5.74, 6) is 0.982. The summed E-state index contributed by atoms with van der Waals surface area (Å²) < 4.78 is 5.17. The quantitative estimate of drug-likeness (QED) is 0.722. The maximum absolute atomic E-state index is 12.6. The Balaban J connectivity index is 1.38. The Hall–Kier alpha value is -2.66. The standard InChI is InChI=1S/C22H22N2O2S/c1-26-18-10-7-15(8-11-18)14-23-21(25)17-9-12-19-20(13-17)27-22(24-19)16-5-3-2-4-6-16/h2-8,10-11,17H,9,12-14H2,1H3,(H,23,25). The zero-order chi connectivity index (χ0) is 18.6. The second kappa shape index (κ2) is 7.92. The normalized spacial score (nSPS) is 15.8. The van der Waals surface area contributed by atoms with Crippen LogP contribution in [0.5, 0.6) is 5.75 Å². The van der Waals surface area contributed by atoms with Crippen LogP contribution in [0.25, 0.3) is 10.6 Å². The molecule has 3 aromatic rings. The summed E-state index contributed by atoms with van der Waals surface area (Å²) >= 11 is 1.72. The number of nitrogens with one attached hydrogen (secondary N) is 1. The number of thiazole rings is 1. The lowest BCUT2D eigenvalue weighted by Crippen LogP contribution is -2.33.